The number of nitrogens with zero attached hydrogens (tertiary/aromatic N) is 2. The molecule has 14 heteroatoms. The van der Waals surface area contributed by atoms with Crippen molar-refractivity contribution in [1.29, 1.82) is 0 Å². The molecule has 6 aliphatic rings. The Labute approximate surface area is 312 Å². The zero-order valence-corrected chi connectivity index (χ0v) is 31.3. The number of hydrogen-bond donors (Lipinski definition) is 3. The van der Waals surface area contributed by atoms with E-state index in [9.17, 15) is 32.4 Å². The number of benzene rings is 1. The molecular formula is C39H53N5O8S. The predicted octanol–water partition coefficient (Wildman–Crippen LogP) is 3.74. The largest absolute Gasteiger partial charge is 0.444 e. The van der Waals surface area contributed by atoms with Gasteiger partial charge in [0.15, 0.2) is 0 Å². The van der Waals surface area contributed by atoms with E-state index < -0.39 is 68.7 Å². The van der Waals surface area contributed by atoms with Crippen LogP contribution in [0, 0.1) is 11.8 Å². The summed E-state index contributed by atoms with van der Waals surface area (Å²) in [6, 6.07) is 4.18. The fourth-order valence-electron chi connectivity index (χ4n) is 8.87. The second kappa shape index (κ2) is 15.4. The van der Waals surface area contributed by atoms with Crippen molar-refractivity contribution >= 4 is 39.7 Å². The number of nitrogens with one attached hydrogen (secondary N) is 3. The second-order valence-electron chi connectivity index (χ2n) is 16.1. The summed E-state index contributed by atoms with van der Waals surface area (Å²) < 4.78 is 33.6. The first-order chi connectivity index (χ1) is 25.5. The highest BCUT2D eigenvalue weighted by Gasteiger charge is 2.62. The first kappa shape index (κ1) is 37.4. The van der Waals surface area contributed by atoms with Gasteiger partial charge in [-0.2, -0.15) is 0 Å². The maximum Gasteiger partial charge on any atom is 0.410 e. The number of amides is 5. The lowest BCUT2D eigenvalue weighted by Crippen LogP contribution is -2.59. The molecule has 0 unspecified atom stereocenters. The van der Waals surface area contributed by atoms with Crippen LogP contribution in [0.4, 0.5) is 4.79 Å². The van der Waals surface area contributed by atoms with E-state index in [0.717, 1.165) is 75.3 Å². The van der Waals surface area contributed by atoms with Gasteiger partial charge in [0.05, 0.1) is 11.8 Å². The van der Waals surface area contributed by atoms with Crippen molar-refractivity contribution in [2.45, 2.75) is 145 Å². The molecule has 0 aromatic heterocycles. The summed E-state index contributed by atoms with van der Waals surface area (Å²) in [7, 11) is -3.89. The number of ether oxygens (including phenoxy) is 1. The number of carbonyl (C=O) groups is 5. The average Bonchev–Trinajstić information content (AvgIpc) is 4.04. The Morgan fingerprint density at radius 2 is 1.62 bits per heavy atom. The summed E-state index contributed by atoms with van der Waals surface area (Å²) in [5, 5.41) is 5.23. The summed E-state index contributed by atoms with van der Waals surface area (Å²) in [6.07, 6.45) is 11.5. The van der Waals surface area contributed by atoms with E-state index in [0.29, 0.717) is 38.8 Å². The summed E-state index contributed by atoms with van der Waals surface area (Å²) in [6.45, 7) is 4.55. The maximum absolute atomic E-state index is 14.7. The van der Waals surface area contributed by atoms with Gasteiger partial charge in [-0.3, -0.25) is 28.8 Å². The first-order valence-electron chi connectivity index (χ1n) is 19.6. The Morgan fingerprint density at radius 3 is 2.34 bits per heavy atom. The highest BCUT2D eigenvalue weighted by atomic mass is 32.2. The van der Waals surface area contributed by atoms with E-state index >= 15 is 0 Å². The molecule has 3 aliphatic heterocycles. The van der Waals surface area contributed by atoms with Crippen molar-refractivity contribution in [2.24, 2.45) is 11.8 Å². The molecule has 3 aliphatic carbocycles. The fraction of sp³-hybridized carbons (Fsp3) is 0.667. The molecule has 13 nitrogen and oxygen atoms in total. The van der Waals surface area contributed by atoms with E-state index in [1.54, 1.807) is 4.90 Å². The number of rotatable bonds is 7. The molecule has 0 spiro atoms. The predicted molar refractivity (Wildman–Crippen MR) is 195 cm³/mol. The van der Waals surface area contributed by atoms with Crippen molar-refractivity contribution in [2.75, 3.05) is 6.54 Å². The zero-order chi connectivity index (χ0) is 37.3. The lowest BCUT2D eigenvalue weighted by atomic mass is 9.83. The molecule has 0 radical (unpaired) electrons. The third kappa shape index (κ3) is 8.12. The van der Waals surface area contributed by atoms with Crippen LogP contribution in [0.1, 0.15) is 113 Å². The minimum atomic E-state index is -3.89. The van der Waals surface area contributed by atoms with Gasteiger partial charge in [0.25, 0.3) is 5.91 Å². The van der Waals surface area contributed by atoms with Gasteiger partial charge in [0, 0.05) is 31.8 Å². The first-order valence-corrected chi connectivity index (χ1v) is 21.2. The molecule has 5 amide bonds. The van der Waals surface area contributed by atoms with Crippen molar-refractivity contribution in [3.63, 3.8) is 0 Å². The van der Waals surface area contributed by atoms with Crippen LogP contribution in [0.15, 0.2) is 30.9 Å². The van der Waals surface area contributed by atoms with E-state index in [4.69, 9.17) is 4.74 Å². The molecule has 7 rings (SSSR count). The highest BCUT2D eigenvalue weighted by Crippen LogP contribution is 2.45. The van der Waals surface area contributed by atoms with Crippen molar-refractivity contribution < 1.29 is 37.1 Å². The molecule has 1 saturated heterocycles. The van der Waals surface area contributed by atoms with Gasteiger partial charge in [-0.25, -0.2) is 13.2 Å². The molecule has 4 fully saturated rings. The molecular weight excluding hydrogens is 699 g/mol. The van der Waals surface area contributed by atoms with Gasteiger partial charge in [-0.15, -0.1) is 6.58 Å². The normalized spacial score (nSPS) is 30.2. The average molecular weight is 752 g/mol. The van der Waals surface area contributed by atoms with Gasteiger partial charge in [0.1, 0.15) is 23.7 Å². The Hall–Kier alpha value is -3.94. The third-order valence-electron chi connectivity index (χ3n) is 12.3. The number of aryl methyl sites for hydroxylation is 1. The topological polar surface area (TPSA) is 171 Å². The smallest absolute Gasteiger partial charge is 0.410 e. The van der Waals surface area contributed by atoms with Crippen LogP contribution in [-0.4, -0.2) is 83.5 Å². The number of fused-ring (bicyclic) bond motifs is 3. The minimum absolute atomic E-state index is 0.0164. The lowest BCUT2D eigenvalue weighted by Gasteiger charge is -2.35. The fourth-order valence-corrected chi connectivity index (χ4v) is 10.2. The van der Waals surface area contributed by atoms with Crippen LogP contribution in [0.5, 0.6) is 0 Å². The van der Waals surface area contributed by atoms with E-state index in [2.05, 4.69) is 28.0 Å². The molecule has 4 bridgehead atoms. The van der Waals surface area contributed by atoms with Crippen molar-refractivity contribution in [1.82, 2.24) is 25.2 Å². The minimum Gasteiger partial charge on any atom is -0.444 e. The molecule has 1 aromatic rings. The number of hydrogen-bond acceptors (Lipinski definition) is 8. The van der Waals surface area contributed by atoms with Crippen LogP contribution >= 0.6 is 0 Å². The molecule has 288 valence electrons. The van der Waals surface area contributed by atoms with Gasteiger partial charge >= 0.3 is 6.09 Å². The molecule has 5 atom stereocenters. The summed E-state index contributed by atoms with van der Waals surface area (Å²) in [5.41, 5.74) is 1.90. The molecule has 3 heterocycles. The maximum atomic E-state index is 14.7. The second-order valence-corrected chi connectivity index (χ2v) is 18.0. The highest BCUT2D eigenvalue weighted by molar-refractivity contribution is 7.91. The SMILES string of the molecule is C=C[C@@H]1C[C@]1(NC(=O)[C@@H]1C[C@@H]2CN1C(=O)[C@H](C1CCCCC1)NC(=O)CCCCCCCc1cccc3c1CN(C3)C(=O)O2)C(=O)NS(=O)(=O)C1CC1. The Morgan fingerprint density at radius 1 is 0.925 bits per heavy atom. The lowest BCUT2D eigenvalue weighted by molar-refractivity contribution is -0.143. The Kier molecular flexibility index (Phi) is 10.9. The van der Waals surface area contributed by atoms with Crippen LogP contribution in [0.3, 0.4) is 0 Å². The van der Waals surface area contributed by atoms with Crippen molar-refractivity contribution in [3.05, 3.63) is 47.5 Å². The van der Waals surface area contributed by atoms with E-state index in [1.807, 2.05) is 12.1 Å². The number of carbonyl (C=O) groups excluding carboxylic acids is 5. The molecule has 3 N–H and O–H groups in total. The summed E-state index contributed by atoms with van der Waals surface area (Å²) in [4.78, 5) is 72.6. The van der Waals surface area contributed by atoms with Crippen LogP contribution in [-0.2, 0) is 53.4 Å². The van der Waals surface area contributed by atoms with Gasteiger partial charge in [0.2, 0.25) is 27.7 Å². The standard InChI is InChI=1S/C39H53N5O8S/c1-2-28-21-39(28,37(48)42-53(50,51)30-18-19-30)41-35(46)32-20-29-23-44(32)36(47)34(26-13-8-6-9-14-26)40-33(45)17-10-5-3-4-7-12-25-15-11-16-27-22-43(24-31(25)27)38(49)52-29/h2,11,15-16,26,28-30,32,34H,1,3-10,12-14,17-24H2,(H,40,45)(H,41,46)(H,42,48)/t28-,29-,32+,34+,39-/m1/s1. The molecule has 1 aromatic carbocycles. The summed E-state index contributed by atoms with van der Waals surface area (Å²) >= 11 is 0. The van der Waals surface area contributed by atoms with Crippen molar-refractivity contribution in [3.8, 4) is 0 Å². The van der Waals surface area contributed by atoms with Gasteiger partial charge < -0.3 is 20.3 Å². The van der Waals surface area contributed by atoms with Crippen LogP contribution < -0.4 is 15.4 Å². The molecule has 53 heavy (non-hydrogen) atoms. The third-order valence-corrected chi connectivity index (χ3v) is 14.1. The molecule has 3 saturated carbocycles. The van der Waals surface area contributed by atoms with Gasteiger partial charge in [-0.1, -0.05) is 62.8 Å². The van der Waals surface area contributed by atoms with Gasteiger partial charge in [-0.05, 0) is 74.0 Å². The monoisotopic (exact) mass is 751 g/mol. The summed E-state index contributed by atoms with van der Waals surface area (Å²) in [5.74, 6) is -2.71. The van der Waals surface area contributed by atoms with Crippen LogP contribution in [0.25, 0.3) is 0 Å². The van der Waals surface area contributed by atoms with Crippen LogP contribution in [0.2, 0.25) is 0 Å². The Bertz CT molecular complexity index is 1740. The quantitative estimate of drug-likeness (QED) is 0.354. The van der Waals surface area contributed by atoms with E-state index in [-0.39, 0.29) is 31.2 Å². The van der Waals surface area contributed by atoms with E-state index in [1.165, 1.54) is 16.5 Å². The Balaban J connectivity index is 1.15. The zero-order valence-electron chi connectivity index (χ0n) is 30.5. The number of sulfonamides is 1.